The lowest BCUT2D eigenvalue weighted by atomic mass is 9.96. The van der Waals surface area contributed by atoms with Crippen molar-refractivity contribution in [2.24, 2.45) is 5.73 Å². The number of amides is 1. The quantitative estimate of drug-likeness (QED) is 0.853. The summed E-state index contributed by atoms with van der Waals surface area (Å²) < 4.78 is 0. The van der Waals surface area contributed by atoms with Crippen molar-refractivity contribution in [1.82, 2.24) is 4.90 Å². The molecule has 2 heterocycles. The first-order valence-electron chi connectivity index (χ1n) is 6.46. The highest BCUT2D eigenvalue weighted by Crippen LogP contribution is 2.23. The van der Waals surface area contributed by atoms with Crippen molar-refractivity contribution in [2.45, 2.75) is 38.3 Å². The highest BCUT2D eigenvalue weighted by atomic mass is 32.1. The normalized spacial score (nSPS) is 24.7. The van der Waals surface area contributed by atoms with E-state index < -0.39 is 0 Å². The van der Waals surface area contributed by atoms with E-state index in [1.165, 1.54) is 6.42 Å². The highest BCUT2D eigenvalue weighted by Gasteiger charge is 2.29. The fraction of sp³-hybridized carbons (Fsp3) is 0.500. The maximum absolute atomic E-state index is 12.3. The predicted molar refractivity (Wildman–Crippen MR) is 76.4 cm³/mol. The van der Waals surface area contributed by atoms with Crippen LogP contribution in [-0.2, 0) is 4.79 Å². The zero-order valence-corrected chi connectivity index (χ0v) is 11.5. The summed E-state index contributed by atoms with van der Waals surface area (Å²) in [4.78, 5) is 15.3. The summed E-state index contributed by atoms with van der Waals surface area (Å²) in [5, 5.41) is 2.01. The second-order valence-corrected chi connectivity index (χ2v) is 5.74. The SMILES string of the molecule is CC1CCCC(CN)N1C(=O)C=Cc1cccs1. The van der Waals surface area contributed by atoms with E-state index in [0.717, 1.165) is 17.7 Å². The van der Waals surface area contributed by atoms with Gasteiger partial charge < -0.3 is 10.6 Å². The van der Waals surface area contributed by atoms with E-state index in [1.54, 1.807) is 17.4 Å². The van der Waals surface area contributed by atoms with Crippen molar-refractivity contribution in [3.63, 3.8) is 0 Å². The van der Waals surface area contributed by atoms with Crippen LogP contribution in [0, 0.1) is 0 Å². The summed E-state index contributed by atoms with van der Waals surface area (Å²) in [6, 6.07) is 4.50. The van der Waals surface area contributed by atoms with Crippen molar-refractivity contribution < 1.29 is 4.79 Å². The highest BCUT2D eigenvalue weighted by molar-refractivity contribution is 7.10. The molecule has 0 radical (unpaired) electrons. The van der Waals surface area contributed by atoms with Gasteiger partial charge in [0.2, 0.25) is 5.91 Å². The standard InChI is InChI=1S/C14H20N2OS/c1-11-4-2-5-12(10-15)16(11)14(17)8-7-13-6-3-9-18-13/h3,6-9,11-12H,2,4-5,10,15H2,1H3. The number of nitrogens with zero attached hydrogens (tertiary/aromatic N) is 1. The summed E-state index contributed by atoms with van der Waals surface area (Å²) in [6.45, 7) is 2.67. The number of piperidine rings is 1. The monoisotopic (exact) mass is 264 g/mol. The van der Waals surface area contributed by atoms with Crippen LogP contribution in [0.3, 0.4) is 0 Å². The number of thiophene rings is 1. The molecular weight excluding hydrogens is 244 g/mol. The molecule has 0 aromatic carbocycles. The first-order valence-corrected chi connectivity index (χ1v) is 7.34. The Balaban J connectivity index is 2.06. The molecule has 2 rings (SSSR count). The zero-order valence-electron chi connectivity index (χ0n) is 10.7. The van der Waals surface area contributed by atoms with Crippen molar-refractivity contribution >= 4 is 23.3 Å². The van der Waals surface area contributed by atoms with Gasteiger partial charge in [-0.2, -0.15) is 0 Å². The molecule has 1 amide bonds. The molecule has 0 bridgehead atoms. The molecule has 2 atom stereocenters. The van der Waals surface area contributed by atoms with E-state index >= 15 is 0 Å². The van der Waals surface area contributed by atoms with Crippen LogP contribution in [0.4, 0.5) is 0 Å². The van der Waals surface area contributed by atoms with Gasteiger partial charge in [0.05, 0.1) is 0 Å². The van der Waals surface area contributed by atoms with Gasteiger partial charge in [-0.3, -0.25) is 4.79 Å². The minimum Gasteiger partial charge on any atom is -0.332 e. The fourth-order valence-corrected chi connectivity index (χ4v) is 3.16. The molecule has 2 unspecified atom stereocenters. The Kier molecular flexibility index (Phi) is 4.55. The molecule has 18 heavy (non-hydrogen) atoms. The number of nitrogens with two attached hydrogens (primary N) is 1. The molecule has 0 spiro atoms. The number of carbonyl (C=O) groups is 1. The van der Waals surface area contributed by atoms with Gasteiger partial charge in [0.25, 0.3) is 0 Å². The van der Waals surface area contributed by atoms with Crippen LogP contribution in [0.25, 0.3) is 6.08 Å². The van der Waals surface area contributed by atoms with Gasteiger partial charge in [-0.1, -0.05) is 6.07 Å². The third-order valence-corrected chi connectivity index (χ3v) is 4.32. The van der Waals surface area contributed by atoms with Gasteiger partial charge in [-0.25, -0.2) is 0 Å². The summed E-state index contributed by atoms with van der Waals surface area (Å²) in [5.41, 5.74) is 5.77. The van der Waals surface area contributed by atoms with Gasteiger partial charge in [-0.15, -0.1) is 11.3 Å². The van der Waals surface area contributed by atoms with Gasteiger partial charge in [0.15, 0.2) is 0 Å². The first kappa shape index (κ1) is 13.3. The van der Waals surface area contributed by atoms with E-state index in [0.29, 0.717) is 12.6 Å². The third-order valence-electron chi connectivity index (χ3n) is 3.49. The summed E-state index contributed by atoms with van der Waals surface area (Å²) in [5.74, 6) is 0.0889. The van der Waals surface area contributed by atoms with Gasteiger partial charge >= 0.3 is 0 Å². The Morgan fingerprint density at radius 2 is 2.44 bits per heavy atom. The molecular formula is C14H20N2OS. The number of rotatable bonds is 3. The average Bonchev–Trinajstić information content (AvgIpc) is 2.88. The first-order chi connectivity index (χ1) is 8.72. The molecule has 1 fully saturated rings. The van der Waals surface area contributed by atoms with E-state index in [2.05, 4.69) is 6.92 Å². The molecule has 1 saturated heterocycles. The summed E-state index contributed by atoms with van der Waals surface area (Å²) in [6.07, 6.45) is 6.84. The van der Waals surface area contributed by atoms with Crippen LogP contribution in [0.2, 0.25) is 0 Å². The van der Waals surface area contributed by atoms with E-state index in [9.17, 15) is 4.79 Å². The van der Waals surface area contributed by atoms with Crippen molar-refractivity contribution in [3.05, 3.63) is 28.5 Å². The average molecular weight is 264 g/mol. The smallest absolute Gasteiger partial charge is 0.247 e. The Morgan fingerprint density at radius 1 is 1.61 bits per heavy atom. The fourth-order valence-electron chi connectivity index (χ4n) is 2.54. The van der Waals surface area contributed by atoms with Crippen LogP contribution in [0.5, 0.6) is 0 Å². The van der Waals surface area contributed by atoms with Gasteiger partial charge in [0.1, 0.15) is 0 Å². The molecule has 0 saturated carbocycles. The molecule has 1 aliphatic heterocycles. The number of hydrogen-bond acceptors (Lipinski definition) is 3. The molecule has 3 nitrogen and oxygen atoms in total. The van der Waals surface area contributed by atoms with Gasteiger partial charge in [0, 0.05) is 29.6 Å². The third kappa shape index (κ3) is 3.00. The van der Waals surface area contributed by atoms with Crippen LogP contribution in [0.1, 0.15) is 31.1 Å². The molecule has 1 aromatic rings. The topological polar surface area (TPSA) is 46.3 Å². The number of carbonyl (C=O) groups excluding carboxylic acids is 1. The summed E-state index contributed by atoms with van der Waals surface area (Å²) in [7, 11) is 0. The van der Waals surface area contributed by atoms with Crippen LogP contribution in [-0.4, -0.2) is 29.4 Å². The van der Waals surface area contributed by atoms with Crippen LogP contribution < -0.4 is 5.73 Å². The Hall–Kier alpha value is -1.13. The van der Waals surface area contributed by atoms with Gasteiger partial charge in [-0.05, 0) is 43.7 Å². The Bertz CT molecular complexity index is 413. The second-order valence-electron chi connectivity index (χ2n) is 4.76. The Labute approximate surface area is 112 Å². The number of hydrogen-bond donors (Lipinski definition) is 1. The van der Waals surface area contributed by atoms with E-state index in [4.69, 9.17) is 5.73 Å². The molecule has 1 aromatic heterocycles. The number of likely N-dealkylation sites (tertiary alicyclic amines) is 1. The minimum atomic E-state index is 0.0889. The van der Waals surface area contributed by atoms with E-state index in [1.807, 2.05) is 28.5 Å². The van der Waals surface area contributed by atoms with Crippen molar-refractivity contribution in [2.75, 3.05) is 6.54 Å². The zero-order chi connectivity index (χ0) is 13.0. The maximum atomic E-state index is 12.3. The molecule has 98 valence electrons. The largest absolute Gasteiger partial charge is 0.332 e. The van der Waals surface area contributed by atoms with E-state index in [-0.39, 0.29) is 11.9 Å². The summed E-state index contributed by atoms with van der Waals surface area (Å²) >= 11 is 1.64. The maximum Gasteiger partial charge on any atom is 0.247 e. The second kappa shape index (κ2) is 6.16. The molecule has 0 aliphatic carbocycles. The lowest BCUT2D eigenvalue weighted by Gasteiger charge is -2.39. The van der Waals surface area contributed by atoms with Crippen molar-refractivity contribution in [1.29, 1.82) is 0 Å². The van der Waals surface area contributed by atoms with Crippen LogP contribution >= 0.6 is 11.3 Å². The van der Waals surface area contributed by atoms with Crippen molar-refractivity contribution in [3.8, 4) is 0 Å². The lowest BCUT2D eigenvalue weighted by Crippen LogP contribution is -2.51. The molecule has 2 N–H and O–H groups in total. The minimum absolute atomic E-state index is 0.0889. The predicted octanol–water partition coefficient (Wildman–Crippen LogP) is 2.49. The molecule has 4 heteroatoms. The molecule has 1 aliphatic rings. The van der Waals surface area contributed by atoms with Crippen LogP contribution in [0.15, 0.2) is 23.6 Å². The Morgan fingerprint density at radius 3 is 3.11 bits per heavy atom. The lowest BCUT2D eigenvalue weighted by molar-refractivity contribution is -0.132.